The van der Waals surface area contributed by atoms with Crippen LogP contribution in [0.5, 0.6) is 11.5 Å². The lowest BCUT2D eigenvalue weighted by Crippen LogP contribution is -2.28. The Labute approximate surface area is 190 Å². The molecule has 1 saturated heterocycles. The summed E-state index contributed by atoms with van der Waals surface area (Å²) in [4.78, 5) is 27.2. The van der Waals surface area contributed by atoms with Crippen molar-refractivity contribution in [1.82, 2.24) is 9.47 Å². The summed E-state index contributed by atoms with van der Waals surface area (Å²) in [7, 11) is 0. The number of carbonyl (C=O) groups excluding carboxylic acids is 2. The molecule has 0 saturated carbocycles. The van der Waals surface area contributed by atoms with E-state index < -0.39 is 0 Å². The largest absolute Gasteiger partial charge is 0.454 e. The number of hydrogen-bond acceptors (Lipinski definition) is 5. The van der Waals surface area contributed by atoms with Crippen molar-refractivity contribution < 1.29 is 19.1 Å². The molecule has 1 fully saturated rings. The fourth-order valence-electron chi connectivity index (χ4n) is 4.24. The zero-order valence-electron chi connectivity index (χ0n) is 17.9. The molecule has 0 aliphatic carbocycles. The molecule has 2 aromatic carbocycles. The Morgan fingerprint density at radius 3 is 2.70 bits per heavy atom. The number of fused-ring (bicyclic) bond motifs is 2. The molecule has 1 aromatic heterocycles. The zero-order chi connectivity index (χ0) is 22.8. The number of nitriles is 1. The van der Waals surface area contributed by atoms with Crippen LogP contribution in [0.15, 0.2) is 54.2 Å². The van der Waals surface area contributed by atoms with Gasteiger partial charge >= 0.3 is 0 Å². The van der Waals surface area contributed by atoms with Crippen LogP contribution in [0.3, 0.4) is 0 Å². The first-order valence-corrected chi connectivity index (χ1v) is 10.8. The standard InChI is InChI=1S/C25H22N4O4/c26-13-17(25(31)28-9-3-4-10-28)11-18-14-29(21-6-2-1-5-20(18)21)15-24(30)27-19-7-8-22-23(12-19)33-16-32-22/h1-2,5-8,11-12,14H,3-4,9-10,15-16H2,(H,27,30)/b17-11+. The van der Waals surface area contributed by atoms with Crippen LogP contribution >= 0.6 is 0 Å². The van der Waals surface area contributed by atoms with Gasteiger partial charge in [-0.1, -0.05) is 18.2 Å². The number of ether oxygens (including phenoxy) is 2. The van der Waals surface area contributed by atoms with Crippen molar-refractivity contribution in [3.63, 3.8) is 0 Å². The van der Waals surface area contributed by atoms with E-state index in [1.165, 1.54) is 0 Å². The Morgan fingerprint density at radius 2 is 1.88 bits per heavy atom. The summed E-state index contributed by atoms with van der Waals surface area (Å²) in [5, 5.41) is 13.4. The molecule has 0 atom stereocenters. The number of aromatic nitrogens is 1. The number of nitrogens with one attached hydrogen (secondary N) is 1. The van der Waals surface area contributed by atoms with Gasteiger partial charge in [0.2, 0.25) is 12.7 Å². The second kappa shape index (κ2) is 8.71. The molecular weight excluding hydrogens is 420 g/mol. The Balaban J connectivity index is 1.39. The predicted octanol–water partition coefficient (Wildman–Crippen LogP) is 3.54. The number of hydrogen-bond donors (Lipinski definition) is 1. The summed E-state index contributed by atoms with van der Waals surface area (Å²) in [5.74, 6) is 0.794. The van der Waals surface area contributed by atoms with Crippen molar-refractivity contribution in [2.45, 2.75) is 19.4 Å². The van der Waals surface area contributed by atoms with Gasteiger partial charge in [0.1, 0.15) is 18.2 Å². The molecule has 8 nitrogen and oxygen atoms in total. The van der Waals surface area contributed by atoms with Crippen LogP contribution in [0, 0.1) is 11.3 Å². The highest BCUT2D eigenvalue weighted by Crippen LogP contribution is 2.34. The fraction of sp³-hybridized carbons (Fsp3) is 0.240. The number of anilines is 1. The van der Waals surface area contributed by atoms with Crippen molar-refractivity contribution >= 4 is 34.5 Å². The predicted molar refractivity (Wildman–Crippen MR) is 123 cm³/mol. The average molecular weight is 442 g/mol. The molecule has 0 radical (unpaired) electrons. The van der Waals surface area contributed by atoms with Crippen molar-refractivity contribution in [2.75, 3.05) is 25.2 Å². The van der Waals surface area contributed by atoms with Crippen molar-refractivity contribution in [3.05, 3.63) is 59.8 Å². The van der Waals surface area contributed by atoms with E-state index in [1.54, 1.807) is 35.4 Å². The van der Waals surface area contributed by atoms with E-state index in [0.717, 1.165) is 29.3 Å². The summed E-state index contributed by atoms with van der Waals surface area (Å²) >= 11 is 0. The Morgan fingerprint density at radius 1 is 1.09 bits per heavy atom. The number of carbonyl (C=O) groups is 2. The maximum Gasteiger partial charge on any atom is 0.264 e. The van der Waals surface area contributed by atoms with E-state index in [2.05, 4.69) is 11.4 Å². The number of likely N-dealkylation sites (tertiary alicyclic amines) is 1. The van der Waals surface area contributed by atoms with Crippen LogP contribution in [0.4, 0.5) is 5.69 Å². The van der Waals surface area contributed by atoms with Crippen LogP contribution in [0.1, 0.15) is 18.4 Å². The van der Waals surface area contributed by atoms with Gasteiger partial charge in [-0.2, -0.15) is 5.26 Å². The monoisotopic (exact) mass is 442 g/mol. The normalized spacial score (nSPS) is 15.0. The molecule has 1 N–H and O–H groups in total. The minimum Gasteiger partial charge on any atom is -0.454 e. The summed E-state index contributed by atoms with van der Waals surface area (Å²) in [5.41, 5.74) is 2.29. The fourth-order valence-corrected chi connectivity index (χ4v) is 4.24. The van der Waals surface area contributed by atoms with Gasteiger partial charge in [-0.3, -0.25) is 9.59 Å². The number of para-hydroxylation sites is 1. The van der Waals surface area contributed by atoms with Gasteiger partial charge in [-0.15, -0.1) is 0 Å². The smallest absolute Gasteiger partial charge is 0.264 e. The molecule has 0 unspecified atom stereocenters. The van der Waals surface area contributed by atoms with E-state index in [4.69, 9.17) is 9.47 Å². The summed E-state index contributed by atoms with van der Waals surface area (Å²) in [6.07, 6.45) is 5.35. The quantitative estimate of drug-likeness (QED) is 0.482. The van der Waals surface area contributed by atoms with Gasteiger partial charge in [0, 0.05) is 47.5 Å². The third kappa shape index (κ3) is 4.13. The van der Waals surface area contributed by atoms with Gasteiger partial charge in [0.15, 0.2) is 11.5 Å². The average Bonchev–Trinajstić information content (AvgIpc) is 3.58. The maximum atomic E-state index is 12.8. The van der Waals surface area contributed by atoms with E-state index in [-0.39, 0.29) is 30.7 Å². The summed E-state index contributed by atoms with van der Waals surface area (Å²) < 4.78 is 12.5. The summed E-state index contributed by atoms with van der Waals surface area (Å²) in [6, 6.07) is 14.9. The molecule has 166 valence electrons. The third-order valence-electron chi connectivity index (χ3n) is 5.83. The van der Waals surface area contributed by atoms with Gasteiger partial charge in [-0.25, -0.2) is 0 Å². The number of nitrogens with zero attached hydrogens (tertiary/aromatic N) is 3. The van der Waals surface area contributed by atoms with Crippen LogP contribution in [-0.2, 0) is 16.1 Å². The highest BCUT2D eigenvalue weighted by molar-refractivity contribution is 6.04. The molecule has 0 bridgehead atoms. The Bertz CT molecular complexity index is 1310. The summed E-state index contributed by atoms with van der Waals surface area (Å²) in [6.45, 7) is 1.60. The number of benzene rings is 2. The lowest BCUT2D eigenvalue weighted by atomic mass is 10.1. The molecule has 2 aliphatic rings. The van der Waals surface area contributed by atoms with Crippen LogP contribution in [-0.4, -0.2) is 41.2 Å². The van der Waals surface area contributed by atoms with E-state index in [9.17, 15) is 14.9 Å². The lowest BCUT2D eigenvalue weighted by Gasteiger charge is -2.13. The van der Waals surface area contributed by atoms with Gasteiger partial charge in [-0.05, 0) is 37.1 Å². The molecule has 0 spiro atoms. The minimum atomic E-state index is -0.243. The van der Waals surface area contributed by atoms with Crippen molar-refractivity contribution in [3.8, 4) is 17.6 Å². The lowest BCUT2D eigenvalue weighted by molar-refractivity contribution is -0.125. The molecule has 8 heteroatoms. The second-order valence-corrected chi connectivity index (χ2v) is 8.01. The zero-order valence-corrected chi connectivity index (χ0v) is 17.9. The molecule has 2 aliphatic heterocycles. The highest BCUT2D eigenvalue weighted by atomic mass is 16.7. The SMILES string of the molecule is N#C/C(=C\c1cn(CC(=O)Nc2ccc3c(c2)OCO3)c2ccccc12)C(=O)N1CCCC1. The Kier molecular flexibility index (Phi) is 5.45. The van der Waals surface area contributed by atoms with Crippen molar-refractivity contribution in [1.29, 1.82) is 5.26 Å². The van der Waals surface area contributed by atoms with E-state index in [0.29, 0.717) is 30.3 Å². The van der Waals surface area contributed by atoms with Gasteiger partial charge < -0.3 is 24.3 Å². The first-order chi connectivity index (χ1) is 16.1. The second-order valence-electron chi connectivity index (χ2n) is 8.01. The first-order valence-electron chi connectivity index (χ1n) is 10.8. The number of rotatable bonds is 5. The molecule has 3 aromatic rings. The van der Waals surface area contributed by atoms with Gasteiger partial charge in [0.25, 0.3) is 5.91 Å². The topological polar surface area (TPSA) is 96.6 Å². The molecular formula is C25H22N4O4. The number of amides is 2. The molecule has 3 heterocycles. The Hall–Kier alpha value is -4.25. The molecule has 5 rings (SSSR count). The highest BCUT2D eigenvalue weighted by Gasteiger charge is 2.22. The first kappa shape index (κ1) is 20.6. The van der Waals surface area contributed by atoms with E-state index in [1.807, 2.05) is 28.8 Å². The molecule has 2 amide bonds. The minimum absolute atomic E-state index is 0.0742. The molecule has 33 heavy (non-hydrogen) atoms. The van der Waals surface area contributed by atoms with E-state index >= 15 is 0 Å². The van der Waals surface area contributed by atoms with Crippen LogP contribution < -0.4 is 14.8 Å². The van der Waals surface area contributed by atoms with Crippen molar-refractivity contribution in [2.24, 2.45) is 0 Å². The van der Waals surface area contributed by atoms with Gasteiger partial charge in [0.05, 0.1) is 0 Å². The van der Waals surface area contributed by atoms with Crippen LogP contribution in [0.2, 0.25) is 0 Å². The van der Waals surface area contributed by atoms with Crippen LogP contribution in [0.25, 0.3) is 17.0 Å². The maximum absolute atomic E-state index is 12.8. The third-order valence-corrected chi connectivity index (χ3v) is 5.83.